The molecule has 1 amide bonds. The molecule has 2 atom stereocenters. The maximum absolute atomic E-state index is 13.3. The maximum atomic E-state index is 13.3. The molecule has 2 aromatic rings. The Hall–Kier alpha value is -3.15. The first-order chi connectivity index (χ1) is 14.2. The largest absolute Gasteiger partial charge is 0.322 e. The molecule has 1 aliphatic carbocycles. The van der Waals surface area contributed by atoms with Gasteiger partial charge in [-0.3, -0.25) is 19.6 Å². The molecule has 1 aromatic heterocycles. The predicted octanol–water partition coefficient (Wildman–Crippen LogP) is 4.68. The number of halogens is 1. The van der Waals surface area contributed by atoms with Gasteiger partial charge in [-0.15, -0.1) is 0 Å². The first-order valence-electron chi connectivity index (χ1n) is 10.0. The molecule has 2 heterocycles. The summed E-state index contributed by atoms with van der Waals surface area (Å²) in [5, 5.41) is 2.82. The van der Waals surface area contributed by atoms with Crippen LogP contribution in [-0.4, -0.2) is 22.4 Å². The highest BCUT2D eigenvalue weighted by Gasteiger charge is 2.47. The Kier molecular flexibility index (Phi) is 5.10. The molecule has 0 unspecified atom stereocenters. The number of aliphatic imine (C=N–C) groups is 1. The number of Topliss-reactive ketones (excluding diaryl/α,β-unsaturated/α-hetero) is 1. The lowest BCUT2D eigenvalue weighted by atomic mass is 9.64. The molecule has 4 rings (SSSR count). The number of hydrogen-bond donors (Lipinski definition) is 1. The third-order valence-electron chi connectivity index (χ3n) is 5.72. The van der Waals surface area contributed by atoms with Crippen LogP contribution in [0.25, 0.3) is 0 Å². The van der Waals surface area contributed by atoms with Gasteiger partial charge in [0.1, 0.15) is 11.6 Å². The second-order valence-corrected chi connectivity index (χ2v) is 8.76. The van der Waals surface area contributed by atoms with Gasteiger partial charge < -0.3 is 5.32 Å². The minimum absolute atomic E-state index is 0.0836. The first kappa shape index (κ1) is 20.1. The van der Waals surface area contributed by atoms with E-state index in [1.807, 2.05) is 18.2 Å². The minimum atomic E-state index is -0.497. The number of fused-ring (bicyclic) bond motifs is 1. The number of allylic oxidation sites excluding steroid dienone is 1. The molecule has 0 bridgehead atoms. The summed E-state index contributed by atoms with van der Waals surface area (Å²) in [6.45, 7) is 5.93. The highest BCUT2D eigenvalue weighted by molar-refractivity contribution is 6.14. The van der Waals surface area contributed by atoms with Crippen LogP contribution >= 0.6 is 0 Å². The number of rotatable bonds is 3. The van der Waals surface area contributed by atoms with Gasteiger partial charge in [0.25, 0.3) is 5.91 Å². The normalized spacial score (nSPS) is 22.9. The van der Waals surface area contributed by atoms with Crippen molar-refractivity contribution in [3.63, 3.8) is 0 Å². The molecule has 1 aliphatic heterocycles. The number of carbonyl (C=O) groups excluding carboxylic acids is 2. The van der Waals surface area contributed by atoms with Crippen LogP contribution in [0.5, 0.6) is 0 Å². The van der Waals surface area contributed by atoms with Gasteiger partial charge in [-0.05, 0) is 55.2 Å². The van der Waals surface area contributed by atoms with Crippen molar-refractivity contribution in [3.05, 3.63) is 71.4 Å². The summed E-state index contributed by atoms with van der Waals surface area (Å²) in [6, 6.07) is 11.1. The van der Waals surface area contributed by atoms with E-state index < -0.39 is 11.8 Å². The van der Waals surface area contributed by atoms with Gasteiger partial charge in [0.05, 0.1) is 5.92 Å². The van der Waals surface area contributed by atoms with Crippen molar-refractivity contribution in [2.24, 2.45) is 16.3 Å². The number of aromatic nitrogens is 1. The number of benzene rings is 1. The molecule has 0 radical (unpaired) electrons. The first-order valence-corrected chi connectivity index (χ1v) is 10.0. The molecule has 30 heavy (non-hydrogen) atoms. The molecule has 0 saturated heterocycles. The third-order valence-corrected chi connectivity index (χ3v) is 5.72. The highest BCUT2D eigenvalue weighted by atomic mass is 19.1. The summed E-state index contributed by atoms with van der Waals surface area (Å²) < 4.78 is 13.2. The third kappa shape index (κ3) is 3.82. The van der Waals surface area contributed by atoms with Crippen molar-refractivity contribution in [3.8, 4) is 0 Å². The molecule has 154 valence electrons. The van der Waals surface area contributed by atoms with Crippen LogP contribution in [0.4, 0.5) is 10.1 Å². The number of carbonyl (C=O) groups is 2. The Bertz CT molecular complexity index is 1060. The lowest BCUT2D eigenvalue weighted by molar-refractivity contribution is -0.124. The van der Waals surface area contributed by atoms with E-state index in [0.29, 0.717) is 35.5 Å². The van der Waals surface area contributed by atoms with Gasteiger partial charge in [0.2, 0.25) is 0 Å². The van der Waals surface area contributed by atoms with Crippen LogP contribution in [0, 0.1) is 17.2 Å². The molecule has 2 aliphatic rings. The van der Waals surface area contributed by atoms with E-state index in [-0.39, 0.29) is 22.9 Å². The average molecular weight is 405 g/mol. The zero-order chi connectivity index (χ0) is 21.5. The van der Waals surface area contributed by atoms with E-state index in [0.717, 1.165) is 5.71 Å². The second-order valence-electron chi connectivity index (χ2n) is 8.76. The van der Waals surface area contributed by atoms with Gasteiger partial charge in [0, 0.05) is 46.9 Å². The lowest BCUT2D eigenvalue weighted by Gasteiger charge is -2.40. The Labute approximate surface area is 175 Å². The fraction of sp³-hybridized carbons (Fsp3) is 0.333. The van der Waals surface area contributed by atoms with Crippen molar-refractivity contribution < 1.29 is 14.0 Å². The highest BCUT2D eigenvalue weighted by Crippen LogP contribution is 2.46. The Morgan fingerprint density at radius 2 is 1.83 bits per heavy atom. The number of nitrogens with zero attached hydrogens (tertiary/aromatic N) is 2. The molecule has 1 N–H and O–H groups in total. The molecule has 5 nitrogen and oxygen atoms in total. The van der Waals surface area contributed by atoms with Gasteiger partial charge in [0.15, 0.2) is 0 Å². The van der Waals surface area contributed by atoms with Gasteiger partial charge in [-0.2, -0.15) is 0 Å². The van der Waals surface area contributed by atoms with E-state index in [1.165, 1.54) is 24.3 Å². The van der Waals surface area contributed by atoms with E-state index in [2.05, 4.69) is 24.1 Å². The molecule has 1 saturated carbocycles. The summed E-state index contributed by atoms with van der Waals surface area (Å²) >= 11 is 0. The number of anilines is 1. The molecule has 0 spiro atoms. The molecule has 1 aromatic carbocycles. The van der Waals surface area contributed by atoms with Crippen molar-refractivity contribution >= 4 is 23.1 Å². The molecular formula is C24H24FN3O2. The van der Waals surface area contributed by atoms with Gasteiger partial charge in [-0.25, -0.2) is 4.39 Å². The number of ketones is 1. The number of hydrogen-bond acceptors (Lipinski definition) is 4. The Balaban J connectivity index is 1.79. The van der Waals surface area contributed by atoms with E-state index in [9.17, 15) is 14.0 Å². The SMILES string of the molecule is CC1=C(C(=O)Nc2ccc(F)cc2)[C@@H](c2ccccn2)[C@@H]2C(=O)CC(C)(C)CC2=N1. The summed E-state index contributed by atoms with van der Waals surface area (Å²) in [4.78, 5) is 35.7. The Morgan fingerprint density at radius 1 is 1.10 bits per heavy atom. The molecule has 1 fully saturated rings. The average Bonchev–Trinajstić information content (AvgIpc) is 2.68. The van der Waals surface area contributed by atoms with Crippen molar-refractivity contribution in [1.82, 2.24) is 4.98 Å². The summed E-state index contributed by atoms with van der Waals surface area (Å²) in [5.41, 5.74) is 2.83. The zero-order valence-electron chi connectivity index (χ0n) is 17.3. The minimum Gasteiger partial charge on any atom is -0.322 e. The van der Waals surface area contributed by atoms with Crippen LogP contribution in [0.1, 0.15) is 45.2 Å². The smallest absolute Gasteiger partial charge is 0.254 e. The quantitative estimate of drug-likeness (QED) is 0.806. The Morgan fingerprint density at radius 3 is 2.50 bits per heavy atom. The number of pyridine rings is 1. The van der Waals surface area contributed by atoms with Crippen molar-refractivity contribution in [2.45, 2.75) is 39.5 Å². The van der Waals surface area contributed by atoms with Crippen LogP contribution in [0.3, 0.4) is 0 Å². The number of nitrogens with one attached hydrogen (secondary N) is 1. The summed E-state index contributed by atoms with van der Waals surface area (Å²) in [6.07, 6.45) is 2.81. The van der Waals surface area contributed by atoms with Crippen molar-refractivity contribution in [1.29, 1.82) is 0 Å². The van der Waals surface area contributed by atoms with Crippen LogP contribution < -0.4 is 5.32 Å². The van der Waals surface area contributed by atoms with E-state index in [1.54, 1.807) is 13.1 Å². The molecule has 6 heteroatoms. The topological polar surface area (TPSA) is 71.4 Å². The number of amides is 1. The summed E-state index contributed by atoms with van der Waals surface area (Å²) in [7, 11) is 0. The zero-order valence-corrected chi connectivity index (χ0v) is 17.3. The lowest BCUT2D eigenvalue weighted by Crippen LogP contribution is -2.44. The monoisotopic (exact) mass is 405 g/mol. The molecular weight excluding hydrogens is 381 g/mol. The fourth-order valence-electron chi connectivity index (χ4n) is 4.50. The van der Waals surface area contributed by atoms with E-state index >= 15 is 0 Å². The standard InChI is InChI=1S/C24H24FN3O2/c1-14-20(23(30)28-16-9-7-15(25)8-10-16)22(17-6-4-5-11-26-17)21-18(27-14)12-24(2,3)13-19(21)29/h4-11,21-22H,12-13H2,1-3H3,(H,28,30)/t21-,22+/m0/s1. The van der Waals surface area contributed by atoms with Gasteiger partial charge in [-0.1, -0.05) is 19.9 Å². The van der Waals surface area contributed by atoms with Crippen LogP contribution in [0.2, 0.25) is 0 Å². The second kappa shape index (κ2) is 7.59. The maximum Gasteiger partial charge on any atom is 0.254 e. The predicted molar refractivity (Wildman–Crippen MR) is 114 cm³/mol. The van der Waals surface area contributed by atoms with Crippen LogP contribution in [-0.2, 0) is 9.59 Å². The van der Waals surface area contributed by atoms with Gasteiger partial charge >= 0.3 is 0 Å². The van der Waals surface area contributed by atoms with Crippen LogP contribution in [0.15, 0.2) is 64.9 Å². The van der Waals surface area contributed by atoms with E-state index in [4.69, 9.17) is 4.99 Å². The van der Waals surface area contributed by atoms with Crippen molar-refractivity contribution in [2.75, 3.05) is 5.32 Å². The summed E-state index contributed by atoms with van der Waals surface area (Å²) in [5.74, 6) is -1.64. The fourth-order valence-corrected chi connectivity index (χ4v) is 4.50.